The first kappa shape index (κ1) is 26.8. The number of benzene rings is 2. The van der Waals surface area contributed by atoms with Crippen molar-refractivity contribution in [3.05, 3.63) is 66.2 Å². The van der Waals surface area contributed by atoms with Gasteiger partial charge in [-0.05, 0) is 36.6 Å². The molecule has 2 aromatic carbocycles. The molecule has 0 fully saturated rings. The number of nitrogens with zero attached hydrogens (tertiary/aromatic N) is 1. The van der Waals surface area contributed by atoms with Crippen molar-refractivity contribution in [3.8, 4) is 0 Å². The van der Waals surface area contributed by atoms with Gasteiger partial charge in [0.1, 0.15) is 0 Å². The average molecular weight is 491 g/mol. The molecule has 0 aliphatic heterocycles. The number of para-hydroxylation sites is 1. The summed E-state index contributed by atoms with van der Waals surface area (Å²) < 4.78 is 25.5. The highest BCUT2D eigenvalue weighted by molar-refractivity contribution is 7.92. The SMILES string of the molecule is CC(C)C[C@@H](C(=O)NN(c1ccccc1)S(C)(=O)=O)[C@H](CNC(=O)c1ccccc1)C(=O)NO. The Kier molecular flexibility index (Phi) is 9.58. The maximum absolute atomic E-state index is 13.3. The van der Waals surface area contributed by atoms with Gasteiger partial charge in [-0.25, -0.2) is 13.9 Å². The fourth-order valence-corrected chi connectivity index (χ4v) is 4.20. The summed E-state index contributed by atoms with van der Waals surface area (Å²) in [5.41, 5.74) is 4.51. The summed E-state index contributed by atoms with van der Waals surface area (Å²) in [6.07, 6.45) is 1.13. The van der Waals surface area contributed by atoms with E-state index < -0.39 is 39.6 Å². The van der Waals surface area contributed by atoms with Crippen LogP contribution in [0.4, 0.5) is 5.69 Å². The van der Waals surface area contributed by atoms with Crippen molar-refractivity contribution in [3.63, 3.8) is 0 Å². The van der Waals surface area contributed by atoms with E-state index >= 15 is 0 Å². The molecule has 184 valence electrons. The van der Waals surface area contributed by atoms with Crippen LogP contribution in [0.3, 0.4) is 0 Å². The molecule has 2 rings (SSSR count). The maximum Gasteiger partial charge on any atom is 0.251 e. The van der Waals surface area contributed by atoms with Gasteiger partial charge in [-0.3, -0.25) is 25.0 Å². The van der Waals surface area contributed by atoms with Gasteiger partial charge in [0.05, 0.1) is 23.8 Å². The monoisotopic (exact) mass is 490 g/mol. The lowest BCUT2D eigenvalue weighted by Crippen LogP contribution is -2.52. The van der Waals surface area contributed by atoms with Crippen molar-refractivity contribution in [1.82, 2.24) is 16.2 Å². The van der Waals surface area contributed by atoms with Gasteiger partial charge in [0, 0.05) is 12.1 Å². The van der Waals surface area contributed by atoms with E-state index in [1.807, 2.05) is 13.8 Å². The number of anilines is 1. The number of hydrazine groups is 1. The van der Waals surface area contributed by atoms with E-state index in [9.17, 15) is 28.0 Å². The third-order valence-corrected chi connectivity index (χ3v) is 6.01. The molecule has 0 bridgehead atoms. The van der Waals surface area contributed by atoms with Crippen LogP contribution in [0.2, 0.25) is 0 Å². The summed E-state index contributed by atoms with van der Waals surface area (Å²) in [5, 5.41) is 11.9. The Labute approximate surface area is 199 Å². The Bertz CT molecular complexity index is 1080. The van der Waals surface area contributed by atoms with E-state index in [2.05, 4.69) is 10.7 Å². The molecule has 10 nitrogen and oxygen atoms in total. The number of hydrogen-bond donors (Lipinski definition) is 4. The maximum atomic E-state index is 13.3. The molecule has 0 heterocycles. The van der Waals surface area contributed by atoms with Crippen LogP contribution >= 0.6 is 0 Å². The summed E-state index contributed by atoms with van der Waals surface area (Å²) in [5.74, 6) is -4.36. The van der Waals surface area contributed by atoms with Crippen LogP contribution in [-0.2, 0) is 19.6 Å². The lowest BCUT2D eigenvalue weighted by atomic mass is 9.84. The average Bonchev–Trinajstić information content (AvgIpc) is 2.81. The summed E-state index contributed by atoms with van der Waals surface area (Å²) in [6.45, 7) is 3.42. The lowest BCUT2D eigenvalue weighted by molar-refractivity contribution is -0.140. The smallest absolute Gasteiger partial charge is 0.251 e. The minimum atomic E-state index is -3.91. The number of amides is 3. The molecule has 11 heteroatoms. The first-order valence-corrected chi connectivity index (χ1v) is 12.5. The van der Waals surface area contributed by atoms with E-state index in [1.54, 1.807) is 54.0 Å². The van der Waals surface area contributed by atoms with E-state index in [1.165, 1.54) is 12.1 Å². The molecule has 0 aliphatic carbocycles. The molecule has 4 N–H and O–H groups in total. The second-order valence-corrected chi connectivity index (χ2v) is 10.1. The summed E-state index contributed by atoms with van der Waals surface area (Å²) in [7, 11) is -3.91. The largest absolute Gasteiger partial charge is 0.351 e. The molecule has 2 aromatic rings. The number of carbonyl (C=O) groups excluding carboxylic acids is 3. The second-order valence-electron chi connectivity index (χ2n) is 8.23. The minimum Gasteiger partial charge on any atom is -0.351 e. The van der Waals surface area contributed by atoms with Gasteiger partial charge in [-0.1, -0.05) is 50.2 Å². The molecule has 3 amide bonds. The fourth-order valence-electron chi connectivity index (χ4n) is 3.44. The molecule has 0 saturated carbocycles. The zero-order valence-corrected chi connectivity index (χ0v) is 20.1. The van der Waals surface area contributed by atoms with Crippen LogP contribution in [-0.4, -0.2) is 44.1 Å². The Morgan fingerprint density at radius 3 is 1.97 bits per heavy atom. The Hall–Kier alpha value is -3.44. The zero-order valence-electron chi connectivity index (χ0n) is 19.3. The standard InChI is InChI=1S/C23H30N4O6S/c1-16(2)14-19(22(29)25-27(34(3,32)33)18-12-8-5-9-13-18)20(23(30)26-31)15-24-21(28)17-10-6-4-7-11-17/h4-13,16,19-20,31H,14-15H2,1-3H3,(H,24,28)(H,25,29)(H,26,30)/t19-,20+/m1/s1. The van der Waals surface area contributed by atoms with Crippen LogP contribution in [0, 0.1) is 17.8 Å². The lowest BCUT2D eigenvalue weighted by Gasteiger charge is -2.30. The highest BCUT2D eigenvalue weighted by Gasteiger charge is 2.36. The van der Waals surface area contributed by atoms with Gasteiger partial charge >= 0.3 is 0 Å². The van der Waals surface area contributed by atoms with Gasteiger partial charge < -0.3 is 5.32 Å². The highest BCUT2D eigenvalue weighted by atomic mass is 32.2. The van der Waals surface area contributed by atoms with Crippen molar-refractivity contribution >= 4 is 33.4 Å². The molecule has 2 atom stereocenters. The quantitative estimate of drug-likeness (QED) is 0.279. The van der Waals surface area contributed by atoms with Crippen molar-refractivity contribution in [2.24, 2.45) is 17.8 Å². The Morgan fingerprint density at radius 1 is 0.912 bits per heavy atom. The molecule has 0 unspecified atom stereocenters. The number of hydrogen-bond acceptors (Lipinski definition) is 6. The van der Waals surface area contributed by atoms with E-state index in [-0.39, 0.29) is 24.6 Å². The van der Waals surface area contributed by atoms with Gasteiger partial charge in [-0.2, -0.15) is 4.41 Å². The number of carbonyl (C=O) groups is 3. The number of nitrogens with one attached hydrogen (secondary N) is 3. The van der Waals surface area contributed by atoms with Gasteiger partial charge in [0.15, 0.2) is 0 Å². The third kappa shape index (κ3) is 7.56. The number of rotatable bonds is 11. The van der Waals surface area contributed by atoms with Crippen molar-refractivity contribution in [1.29, 1.82) is 0 Å². The van der Waals surface area contributed by atoms with Crippen LogP contribution < -0.4 is 20.6 Å². The normalized spacial score (nSPS) is 13.0. The predicted molar refractivity (Wildman–Crippen MR) is 127 cm³/mol. The number of hydroxylamine groups is 1. The Morgan fingerprint density at radius 2 is 1.47 bits per heavy atom. The van der Waals surface area contributed by atoms with Gasteiger partial charge in [-0.15, -0.1) is 0 Å². The van der Waals surface area contributed by atoms with Gasteiger partial charge in [0.25, 0.3) is 5.91 Å². The van der Waals surface area contributed by atoms with Crippen molar-refractivity contribution in [2.45, 2.75) is 20.3 Å². The fraction of sp³-hybridized carbons (Fsp3) is 0.348. The molecule has 0 aromatic heterocycles. The van der Waals surface area contributed by atoms with Crippen LogP contribution in [0.25, 0.3) is 0 Å². The topological polar surface area (TPSA) is 145 Å². The third-order valence-electron chi connectivity index (χ3n) is 5.05. The zero-order chi connectivity index (χ0) is 25.3. The molecule has 0 spiro atoms. The van der Waals surface area contributed by atoms with E-state index in [0.29, 0.717) is 5.56 Å². The van der Waals surface area contributed by atoms with Crippen molar-refractivity contribution in [2.75, 3.05) is 17.2 Å². The van der Waals surface area contributed by atoms with Crippen LogP contribution in [0.1, 0.15) is 30.6 Å². The highest BCUT2D eigenvalue weighted by Crippen LogP contribution is 2.23. The number of sulfonamides is 1. The summed E-state index contributed by atoms with van der Waals surface area (Å²) in [6, 6.07) is 16.3. The Balaban J connectivity index is 2.31. The van der Waals surface area contributed by atoms with Gasteiger partial charge in [0.2, 0.25) is 21.8 Å². The predicted octanol–water partition coefficient (Wildman–Crippen LogP) is 1.70. The van der Waals surface area contributed by atoms with E-state index in [0.717, 1.165) is 10.7 Å². The molecule has 0 saturated heterocycles. The first-order chi connectivity index (χ1) is 16.0. The first-order valence-electron chi connectivity index (χ1n) is 10.7. The molecule has 0 aliphatic rings. The second kappa shape index (κ2) is 12.1. The van der Waals surface area contributed by atoms with Crippen molar-refractivity contribution < 1.29 is 28.0 Å². The summed E-state index contributed by atoms with van der Waals surface area (Å²) in [4.78, 5) is 38.3. The molecule has 0 radical (unpaired) electrons. The van der Waals surface area contributed by atoms with E-state index in [4.69, 9.17) is 0 Å². The van der Waals surface area contributed by atoms with Crippen LogP contribution in [0.5, 0.6) is 0 Å². The van der Waals surface area contributed by atoms with Crippen LogP contribution in [0.15, 0.2) is 60.7 Å². The minimum absolute atomic E-state index is 0.0574. The molecular formula is C23H30N4O6S. The molecular weight excluding hydrogens is 460 g/mol. The summed E-state index contributed by atoms with van der Waals surface area (Å²) >= 11 is 0. The molecule has 34 heavy (non-hydrogen) atoms.